The monoisotopic (exact) mass is 456 g/mol. The summed E-state index contributed by atoms with van der Waals surface area (Å²) >= 11 is -5.06. The quantitative estimate of drug-likeness (QED) is 0.416. The molecule has 0 aliphatic rings. The normalized spacial score (nSPS) is 13.4. The number of hydrogen-bond donors (Lipinski definition) is 2. The Morgan fingerprint density at radius 1 is 1.21 bits per heavy atom. The molecule has 1 amide bonds. The van der Waals surface area contributed by atoms with E-state index in [1.807, 2.05) is 25.9 Å². The van der Waals surface area contributed by atoms with Crippen molar-refractivity contribution < 1.29 is 30.7 Å². The maximum atomic E-state index is 13.5. The average Bonchev–Trinajstić information content (AvgIpc) is 2.52. The number of anilines is 1. The second kappa shape index (κ2) is 10.1. The van der Waals surface area contributed by atoms with Gasteiger partial charge in [0.2, 0.25) is 0 Å². The standard InChI is InChI=1S/C18H25AsN2O7/c1-12(21(4)5)8-9-27-19(26,28-18(25)10-13(2)22)16-7-6-15(24)11-17(16)20-14(3)23/h6-8,11,24H,9-10H2,1-5H3,(H,20,23)/b12-8-. The fraction of sp³-hybridized carbons (Fsp3) is 0.389. The van der Waals surface area contributed by atoms with Crippen LogP contribution in [0, 0.1) is 0 Å². The zero-order valence-corrected chi connectivity index (χ0v) is 18.4. The molecule has 1 aromatic carbocycles. The van der Waals surface area contributed by atoms with Gasteiger partial charge in [-0.15, -0.1) is 0 Å². The number of ketones is 1. The van der Waals surface area contributed by atoms with Crippen molar-refractivity contribution >= 4 is 41.9 Å². The molecule has 0 radical (unpaired) electrons. The molecule has 9 nitrogen and oxygen atoms in total. The molecule has 28 heavy (non-hydrogen) atoms. The van der Waals surface area contributed by atoms with E-state index in [1.165, 1.54) is 32.0 Å². The average molecular weight is 456 g/mol. The molecule has 0 saturated carbocycles. The first kappa shape index (κ1) is 23.5. The molecular formula is C18H25AsN2O7. The fourth-order valence-electron chi connectivity index (χ4n) is 2.01. The van der Waals surface area contributed by atoms with E-state index in [4.69, 9.17) is 7.45 Å². The summed E-state index contributed by atoms with van der Waals surface area (Å²) in [6, 6.07) is 3.66. The zero-order valence-electron chi connectivity index (χ0n) is 16.5. The van der Waals surface area contributed by atoms with Crippen LogP contribution in [0.1, 0.15) is 27.2 Å². The second-order valence-electron chi connectivity index (χ2n) is 6.26. The minimum atomic E-state index is -5.06. The van der Waals surface area contributed by atoms with Gasteiger partial charge >= 0.3 is 166 Å². The van der Waals surface area contributed by atoms with Gasteiger partial charge in [0.1, 0.15) is 0 Å². The Labute approximate surface area is 166 Å². The first-order valence-electron chi connectivity index (χ1n) is 8.36. The van der Waals surface area contributed by atoms with Crippen LogP contribution in [-0.4, -0.2) is 62.5 Å². The molecule has 0 spiro atoms. The number of benzene rings is 1. The third-order valence-corrected chi connectivity index (χ3v) is 7.54. The number of phenolic OH excluding ortho intramolecular Hbond substituents is 1. The van der Waals surface area contributed by atoms with E-state index in [2.05, 4.69) is 5.32 Å². The van der Waals surface area contributed by atoms with Gasteiger partial charge in [0.25, 0.3) is 0 Å². The van der Waals surface area contributed by atoms with Crippen molar-refractivity contribution in [2.24, 2.45) is 0 Å². The van der Waals surface area contributed by atoms with E-state index < -0.39 is 38.3 Å². The van der Waals surface area contributed by atoms with Gasteiger partial charge in [0.15, 0.2) is 0 Å². The molecule has 0 saturated heterocycles. The van der Waals surface area contributed by atoms with Gasteiger partial charge < -0.3 is 0 Å². The van der Waals surface area contributed by atoms with E-state index in [0.717, 1.165) is 5.70 Å². The van der Waals surface area contributed by atoms with Crippen LogP contribution in [0.15, 0.2) is 30.0 Å². The molecule has 1 unspecified atom stereocenters. The molecule has 0 aliphatic carbocycles. The van der Waals surface area contributed by atoms with Gasteiger partial charge in [-0.05, 0) is 0 Å². The van der Waals surface area contributed by atoms with Crippen LogP contribution in [0.4, 0.5) is 5.69 Å². The number of Topliss-reactive ketones (excluding diaryl/α,β-unsaturated/α-hetero) is 1. The topological polar surface area (TPSA) is 122 Å². The van der Waals surface area contributed by atoms with Gasteiger partial charge in [0.05, 0.1) is 0 Å². The maximum absolute atomic E-state index is 13.5. The number of allylic oxidation sites excluding steroid dienone is 1. The Kier molecular flexibility index (Phi) is 8.53. The molecule has 0 bridgehead atoms. The molecular weight excluding hydrogens is 431 g/mol. The van der Waals surface area contributed by atoms with E-state index in [-0.39, 0.29) is 22.4 Å². The number of phenols is 1. The van der Waals surface area contributed by atoms with Crippen molar-refractivity contribution in [1.29, 1.82) is 0 Å². The minimum absolute atomic E-state index is 0.000985. The number of rotatable bonds is 9. The third kappa shape index (κ3) is 7.25. The molecule has 10 heteroatoms. The van der Waals surface area contributed by atoms with Crippen molar-refractivity contribution in [3.8, 4) is 5.75 Å². The summed E-state index contributed by atoms with van der Waals surface area (Å²) in [5.74, 6) is -2.12. The van der Waals surface area contributed by atoms with Crippen LogP contribution in [0.5, 0.6) is 5.75 Å². The Morgan fingerprint density at radius 2 is 1.86 bits per heavy atom. The van der Waals surface area contributed by atoms with Crippen LogP contribution in [0.25, 0.3) is 0 Å². The van der Waals surface area contributed by atoms with E-state index in [9.17, 15) is 23.2 Å². The number of aromatic hydroxyl groups is 1. The number of nitrogens with one attached hydrogen (secondary N) is 1. The van der Waals surface area contributed by atoms with Crippen LogP contribution in [-0.2, 0) is 25.6 Å². The van der Waals surface area contributed by atoms with Crippen molar-refractivity contribution in [3.63, 3.8) is 0 Å². The third-order valence-electron chi connectivity index (χ3n) is 3.53. The SMILES string of the molecule is CC(=O)CC(=O)O[As](=O)(OC/C=C(/C)N(C)C)c1ccc(O)cc1NC(C)=O. The predicted octanol–water partition coefficient (Wildman–Crippen LogP) is 0.931. The molecule has 1 atom stereocenters. The van der Waals surface area contributed by atoms with Crippen molar-refractivity contribution in [2.75, 3.05) is 26.0 Å². The summed E-state index contributed by atoms with van der Waals surface area (Å²) < 4.78 is 24.0. The Balaban J connectivity index is 3.32. The summed E-state index contributed by atoms with van der Waals surface area (Å²) in [6.07, 6.45) is 1.08. The summed E-state index contributed by atoms with van der Waals surface area (Å²) in [4.78, 5) is 36.5. The van der Waals surface area contributed by atoms with Crippen molar-refractivity contribution in [2.45, 2.75) is 27.2 Å². The van der Waals surface area contributed by atoms with Crippen molar-refractivity contribution in [1.82, 2.24) is 4.90 Å². The van der Waals surface area contributed by atoms with Gasteiger partial charge in [-0.2, -0.15) is 0 Å². The van der Waals surface area contributed by atoms with E-state index in [1.54, 1.807) is 6.08 Å². The Morgan fingerprint density at radius 3 is 2.39 bits per heavy atom. The van der Waals surface area contributed by atoms with Gasteiger partial charge in [0, 0.05) is 0 Å². The van der Waals surface area contributed by atoms with Crippen LogP contribution < -0.4 is 9.67 Å². The molecule has 0 aliphatic heterocycles. The molecule has 0 aromatic heterocycles. The van der Waals surface area contributed by atoms with Crippen LogP contribution >= 0.6 is 0 Å². The van der Waals surface area contributed by atoms with Gasteiger partial charge in [-0.1, -0.05) is 0 Å². The molecule has 0 heterocycles. The fourth-order valence-corrected chi connectivity index (χ4v) is 5.29. The van der Waals surface area contributed by atoms with Crippen LogP contribution in [0.3, 0.4) is 0 Å². The number of nitrogens with zero attached hydrogens (tertiary/aromatic N) is 1. The summed E-state index contributed by atoms with van der Waals surface area (Å²) in [6.45, 7) is 4.12. The number of carbonyl (C=O) groups excluding carboxylic acids is 3. The number of hydrogen-bond acceptors (Lipinski definition) is 8. The summed E-state index contributed by atoms with van der Waals surface area (Å²) in [5.41, 5.74) is 0.823. The van der Waals surface area contributed by atoms with Gasteiger partial charge in [-0.3, -0.25) is 0 Å². The summed E-state index contributed by atoms with van der Waals surface area (Å²) in [5, 5.41) is 12.1. The second-order valence-corrected chi connectivity index (χ2v) is 10.3. The molecule has 1 aromatic rings. The molecule has 1 rings (SSSR count). The summed E-state index contributed by atoms with van der Waals surface area (Å²) in [7, 11) is 3.64. The molecule has 154 valence electrons. The van der Waals surface area contributed by atoms with E-state index in [0.29, 0.717) is 0 Å². The Bertz CT molecular complexity index is 833. The Hall–Kier alpha value is -2.51. The predicted molar refractivity (Wildman–Crippen MR) is 103 cm³/mol. The number of carbonyl (C=O) groups is 3. The first-order valence-corrected chi connectivity index (χ1v) is 11.6. The van der Waals surface area contributed by atoms with Crippen molar-refractivity contribution in [3.05, 3.63) is 30.0 Å². The zero-order chi connectivity index (χ0) is 21.5. The van der Waals surface area contributed by atoms with Crippen LogP contribution in [0.2, 0.25) is 0 Å². The molecule has 2 N–H and O–H groups in total. The first-order chi connectivity index (χ1) is 12.9. The van der Waals surface area contributed by atoms with Gasteiger partial charge in [-0.25, -0.2) is 0 Å². The molecule has 0 fully saturated rings. The van der Waals surface area contributed by atoms with E-state index >= 15 is 0 Å². The number of amides is 1.